The number of nitrogen functional groups attached to an aromatic ring is 1. The van der Waals surface area contributed by atoms with E-state index in [-0.39, 0.29) is 5.91 Å². The third-order valence-corrected chi connectivity index (χ3v) is 3.27. The van der Waals surface area contributed by atoms with Gasteiger partial charge in [0.25, 0.3) is 5.91 Å². The van der Waals surface area contributed by atoms with E-state index in [1.165, 1.54) is 12.3 Å². The van der Waals surface area contributed by atoms with Crippen molar-refractivity contribution < 1.29 is 4.79 Å². The van der Waals surface area contributed by atoms with E-state index in [2.05, 4.69) is 10.3 Å². The summed E-state index contributed by atoms with van der Waals surface area (Å²) in [6.45, 7) is 1.81. The zero-order valence-corrected chi connectivity index (χ0v) is 11.6. The molecular formula is C13H11Cl2N3O. The van der Waals surface area contributed by atoms with E-state index in [1.54, 1.807) is 18.2 Å². The summed E-state index contributed by atoms with van der Waals surface area (Å²) < 4.78 is 0. The Balaban J connectivity index is 2.20. The molecule has 0 unspecified atom stereocenters. The van der Waals surface area contributed by atoms with Gasteiger partial charge in [-0.3, -0.25) is 4.79 Å². The van der Waals surface area contributed by atoms with E-state index in [1.807, 2.05) is 6.92 Å². The van der Waals surface area contributed by atoms with E-state index in [9.17, 15) is 4.79 Å². The highest BCUT2D eigenvalue weighted by Gasteiger charge is 2.09. The first-order chi connectivity index (χ1) is 8.97. The Morgan fingerprint density at radius 3 is 2.68 bits per heavy atom. The van der Waals surface area contributed by atoms with Crippen LogP contribution in [0.5, 0.6) is 0 Å². The van der Waals surface area contributed by atoms with Crippen molar-refractivity contribution in [1.29, 1.82) is 0 Å². The molecule has 6 heteroatoms. The quantitative estimate of drug-likeness (QED) is 0.658. The summed E-state index contributed by atoms with van der Waals surface area (Å²) in [4.78, 5) is 16.0. The number of nitrogens with one attached hydrogen (secondary N) is 1. The second kappa shape index (κ2) is 5.47. The molecular weight excluding hydrogens is 285 g/mol. The largest absolute Gasteiger partial charge is 0.398 e. The van der Waals surface area contributed by atoms with Gasteiger partial charge in [0.1, 0.15) is 5.15 Å². The summed E-state index contributed by atoms with van der Waals surface area (Å²) in [5.74, 6) is -0.285. The van der Waals surface area contributed by atoms with Crippen LogP contribution in [-0.4, -0.2) is 10.9 Å². The van der Waals surface area contributed by atoms with Gasteiger partial charge in [-0.1, -0.05) is 23.2 Å². The number of nitrogens with two attached hydrogens (primary N) is 1. The predicted molar refractivity (Wildman–Crippen MR) is 77.8 cm³/mol. The molecule has 1 amide bonds. The lowest BCUT2D eigenvalue weighted by Crippen LogP contribution is -2.12. The van der Waals surface area contributed by atoms with Gasteiger partial charge < -0.3 is 11.1 Å². The number of carbonyl (C=O) groups excluding carboxylic acids is 1. The second-order valence-electron chi connectivity index (χ2n) is 4.02. The number of aromatic nitrogens is 1. The van der Waals surface area contributed by atoms with Gasteiger partial charge in [-0.05, 0) is 36.8 Å². The maximum Gasteiger partial charge on any atom is 0.255 e. The fraction of sp³-hybridized carbons (Fsp3) is 0.0769. The van der Waals surface area contributed by atoms with Gasteiger partial charge in [0.2, 0.25) is 0 Å². The number of benzene rings is 1. The molecule has 3 N–H and O–H groups in total. The van der Waals surface area contributed by atoms with Crippen molar-refractivity contribution in [2.45, 2.75) is 6.92 Å². The predicted octanol–water partition coefficient (Wildman–Crippen LogP) is 3.53. The highest BCUT2D eigenvalue weighted by molar-refractivity contribution is 6.33. The third kappa shape index (κ3) is 3.16. The number of aryl methyl sites for hydroxylation is 1. The smallest absolute Gasteiger partial charge is 0.255 e. The first-order valence-corrected chi connectivity index (χ1v) is 6.21. The summed E-state index contributed by atoms with van der Waals surface area (Å²) >= 11 is 11.6. The fourth-order valence-corrected chi connectivity index (χ4v) is 1.74. The topological polar surface area (TPSA) is 68.0 Å². The molecule has 19 heavy (non-hydrogen) atoms. The minimum atomic E-state index is -0.285. The summed E-state index contributed by atoms with van der Waals surface area (Å²) in [7, 11) is 0. The summed E-state index contributed by atoms with van der Waals surface area (Å²) in [6.07, 6.45) is 1.49. The van der Waals surface area contributed by atoms with Crippen LogP contribution in [0, 0.1) is 6.92 Å². The van der Waals surface area contributed by atoms with Crippen molar-refractivity contribution >= 4 is 40.5 Å². The molecule has 98 valence electrons. The Kier molecular flexibility index (Phi) is 3.93. The molecule has 0 bridgehead atoms. The van der Waals surface area contributed by atoms with Crippen molar-refractivity contribution in [2.75, 3.05) is 11.1 Å². The number of hydrogen-bond acceptors (Lipinski definition) is 3. The summed E-state index contributed by atoms with van der Waals surface area (Å²) in [5, 5.41) is 3.54. The molecule has 0 atom stereocenters. The minimum absolute atomic E-state index is 0.285. The van der Waals surface area contributed by atoms with Gasteiger partial charge in [0.15, 0.2) is 0 Å². The van der Waals surface area contributed by atoms with Gasteiger partial charge in [-0.2, -0.15) is 0 Å². The number of hydrogen-bond donors (Lipinski definition) is 2. The maximum atomic E-state index is 12.0. The monoisotopic (exact) mass is 295 g/mol. The van der Waals surface area contributed by atoms with Gasteiger partial charge >= 0.3 is 0 Å². The van der Waals surface area contributed by atoms with Crippen LogP contribution < -0.4 is 11.1 Å². The van der Waals surface area contributed by atoms with Crippen LogP contribution in [0.3, 0.4) is 0 Å². The van der Waals surface area contributed by atoms with Crippen LogP contribution in [0.4, 0.5) is 11.4 Å². The molecule has 4 nitrogen and oxygen atoms in total. The van der Waals surface area contributed by atoms with Gasteiger partial charge in [0.05, 0.1) is 22.6 Å². The van der Waals surface area contributed by atoms with Crippen LogP contribution in [0.2, 0.25) is 10.2 Å². The van der Waals surface area contributed by atoms with E-state index in [0.717, 1.165) is 5.56 Å². The van der Waals surface area contributed by atoms with Crippen molar-refractivity contribution in [2.24, 2.45) is 0 Å². The number of anilines is 2. The molecule has 0 aliphatic rings. The van der Waals surface area contributed by atoms with Gasteiger partial charge in [-0.25, -0.2) is 4.98 Å². The van der Waals surface area contributed by atoms with E-state index in [4.69, 9.17) is 28.9 Å². The lowest BCUT2D eigenvalue weighted by molar-refractivity contribution is 0.102. The Morgan fingerprint density at radius 2 is 2.05 bits per heavy atom. The number of carbonyl (C=O) groups is 1. The zero-order valence-electron chi connectivity index (χ0n) is 10.1. The summed E-state index contributed by atoms with van der Waals surface area (Å²) in [6, 6.07) is 6.45. The second-order valence-corrected chi connectivity index (χ2v) is 4.79. The molecule has 0 saturated carbocycles. The summed E-state index contributed by atoms with van der Waals surface area (Å²) in [5.41, 5.74) is 7.80. The van der Waals surface area contributed by atoms with Crippen LogP contribution in [0.25, 0.3) is 0 Å². The van der Waals surface area contributed by atoms with Crippen molar-refractivity contribution in [3.05, 3.63) is 51.8 Å². The van der Waals surface area contributed by atoms with E-state index >= 15 is 0 Å². The minimum Gasteiger partial charge on any atom is -0.398 e. The standard InChI is InChI=1S/C13H11Cl2N3O/c1-7-4-9(6-17-12(7)15)18-13(19)8-2-3-10(14)11(16)5-8/h2-6H,16H2,1H3,(H,18,19). The highest BCUT2D eigenvalue weighted by Crippen LogP contribution is 2.21. The lowest BCUT2D eigenvalue weighted by Gasteiger charge is -2.07. The number of rotatable bonds is 2. The first kappa shape index (κ1) is 13.6. The highest BCUT2D eigenvalue weighted by atomic mass is 35.5. The van der Waals surface area contributed by atoms with Crippen LogP contribution >= 0.6 is 23.2 Å². The Morgan fingerprint density at radius 1 is 1.32 bits per heavy atom. The molecule has 0 radical (unpaired) electrons. The third-order valence-electron chi connectivity index (χ3n) is 2.53. The van der Waals surface area contributed by atoms with Crippen LogP contribution in [-0.2, 0) is 0 Å². The number of halogens is 2. The number of amides is 1. The maximum absolute atomic E-state index is 12.0. The molecule has 0 fully saturated rings. The van der Waals surface area contributed by atoms with Crippen LogP contribution in [0.15, 0.2) is 30.5 Å². The Bertz CT molecular complexity index is 644. The molecule has 1 aromatic heterocycles. The molecule has 0 spiro atoms. The molecule has 2 rings (SSSR count). The molecule has 2 aromatic rings. The van der Waals surface area contributed by atoms with Crippen LogP contribution in [0.1, 0.15) is 15.9 Å². The van der Waals surface area contributed by atoms with Gasteiger partial charge in [-0.15, -0.1) is 0 Å². The number of nitrogens with zero attached hydrogens (tertiary/aromatic N) is 1. The molecule has 0 saturated heterocycles. The first-order valence-electron chi connectivity index (χ1n) is 5.46. The van der Waals surface area contributed by atoms with Gasteiger partial charge in [0, 0.05) is 5.56 Å². The molecule has 0 aliphatic heterocycles. The Labute approximate surface area is 120 Å². The fourth-order valence-electron chi connectivity index (χ4n) is 1.51. The molecule has 1 heterocycles. The normalized spacial score (nSPS) is 10.3. The van der Waals surface area contributed by atoms with Crippen molar-refractivity contribution in [3.8, 4) is 0 Å². The van der Waals surface area contributed by atoms with E-state index in [0.29, 0.717) is 27.1 Å². The Hall–Kier alpha value is -1.78. The lowest BCUT2D eigenvalue weighted by atomic mass is 10.2. The average molecular weight is 296 g/mol. The zero-order chi connectivity index (χ0) is 14.0. The molecule has 0 aliphatic carbocycles. The van der Waals surface area contributed by atoms with E-state index < -0.39 is 0 Å². The van der Waals surface area contributed by atoms with Crippen molar-refractivity contribution in [3.63, 3.8) is 0 Å². The number of pyridine rings is 1. The average Bonchev–Trinajstić information content (AvgIpc) is 2.37. The van der Waals surface area contributed by atoms with Crippen molar-refractivity contribution in [1.82, 2.24) is 4.98 Å². The SMILES string of the molecule is Cc1cc(NC(=O)c2ccc(Cl)c(N)c2)cnc1Cl. The molecule has 1 aromatic carbocycles.